The molecule has 0 bridgehead atoms. The minimum atomic E-state index is -0.237. The summed E-state index contributed by atoms with van der Waals surface area (Å²) >= 11 is 0. The quantitative estimate of drug-likeness (QED) is 0.679. The van der Waals surface area contributed by atoms with Crippen LogP contribution in [0.2, 0.25) is 0 Å². The van der Waals surface area contributed by atoms with Gasteiger partial charge in [0.25, 0.3) is 0 Å². The van der Waals surface area contributed by atoms with Crippen LogP contribution in [0.5, 0.6) is 5.75 Å². The number of amides is 2. The number of benzene rings is 1. The molecular formula is C18H26N2O4. The van der Waals surface area contributed by atoms with Crippen LogP contribution in [-0.4, -0.2) is 38.2 Å². The van der Waals surface area contributed by atoms with Crippen molar-refractivity contribution in [2.24, 2.45) is 11.8 Å². The zero-order valence-corrected chi connectivity index (χ0v) is 14.5. The van der Waals surface area contributed by atoms with Crippen LogP contribution in [0.3, 0.4) is 0 Å². The van der Waals surface area contributed by atoms with Crippen LogP contribution < -0.4 is 15.4 Å². The first-order chi connectivity index (χ1) is 11.5. The number of methoxy groups -OCH3 is 1. The summed E-state index contributed by atoms with van der Waals surface area (Å²) in [5.74, 6) is 0.161. The van der Waals surface area contributed by atoms with Gasteiger partial charge in [-0.15, -0.1) is 0 Å². The number of ether oxygens (including phenoxy) is 2. The largest absolute Gasteiger partial charge is 0.491 e. The van der Waals surface area contributed by atoms with Crippen LogP contribution in [0, 0.1) is 11.8 Å². The fraction of sp³-hybridized carbons (Fsp3) is 0.556. The predicted molar refractivity (Wildman–Crippen MR) is 91.9 cm³/mol. The van der Waals surface area contributed by atoms with Gasteiger partial charge in [0, 0.05) is 25.9 Å². The average Bonchev–Trinajstić information content (AvgIpc) is 3.33. The van der Waals surface area contributed by atoms with E-state index in [1.807, 2.05) is 26.0 Å². The number of carbonyl (C=O) groups is 2. The summed E-state index contributed by atoms with van der Waals surface area (Å²) in [5.41, 5.74) is 0.710. The fourth-order valence-electron chi connectivity index (χ4n) is 2.46. The summed E-state index contributed by atoms with van der Waals surface area (Å²) in [6.07, 6.45) is 1.49. The van der Waals surface area contributed by atoms with Crippen LogP contribution in [0.25, 0.3) is 0 Å². The Balaban J connectivity index is 1.74. The van der Waals surface area contributed by atoms with E-state index in [0.717, 1.165) is 12.2 Å². The topological polar surface area (TPSA) is 76.7 Å². The lowest BCUT2D eigenvalue weighted by molar-refractivity contribution is -0.125. The molecular weight excluding hydrogens is 308 g/mol. The molecule has 2 N–H and O–H groups in total. The third kappa shape index (κ3) is 5.53. The highest BCUT2D eigenvalue weighted by atomic mass is 16.5. The van der Waals surface area contributed by atoms with Crippen LogP contribution in [0.1, 0.15) is 26.7 Å². The van der Waals surface area contributed by atoms with E-state index in [9.17, 15) is 9.59 Å². The second-order valence-corrected chi connectivity index (χ2v) is 6.27. The Morgan fingerprint density at radius 1 is 1.17 bits per heavy atom. The summed E-state index contributed by atoms with van der Waals surface area (Å²) in [5, 5.41) is 5.69. The van der Waals surface area contributed by atoms with Gasteiger partial charge in [0.1, 0.15) is 5.75 Å². The number of hydrogen-bond donors (Lipinski definition) is 2. The Morgan fingerprint density at radius 2 is 1.83 bits per heavy atom. The SMILES string of the molecule is COCCCNC(=O)C1CC1C(=O)Nc1ccc(OC(C)C)cc1. The van der Waals surface area contributed by atoms with Gasteiger partial charge in [0.05, 0.1) is 17.9 Å². The molecule has 1 aliphatic rings. The Labute approximate surface area is 142 Å². The van der Waals surface area contributed by atoms with E-state index in [1.165, 1.54) is 0 Å². The van der Waals surface area contributed by atoms with E-state index in [0.29, 0.717) is 25.3 Å². The molecule has 1 aromatic rings. The van der Waals surface area contributed by atoms with Crippen LogP contribution in [0.4, 0.5) is 5.69 Å². The first-order valence-corrected chi connectivity index (χ1v) is 8.35. The third-order valence-corrected chi connectivity index (χ3v) is 3.78. The number of nitrogens with one attached hydrogen (secondary N) is 2. The molecule has 0 saturated heterocycles. The van der Waals surface area contributed by atoms with Crippen molar-refractivity contribution >= 4 is 17.5 Å². The molecule has 1 fully saturated rings. The van der Waals surface area contributed by atoms with Crippen molar-refractivity contribution in [1.29, 1.82) is 0 Å². The molecule has 132 valence electrons. The lowest BCUT2D eigenvalue weighted by atomic mass is 10.2. The summed E-state index contributed by atoms with van der Waals surface area (Å²) in [6, 6.07) is 7.25. The minimum Gasteiger partial charge on any atom is -0.491 e. The second kappa shape index (κ2) is 8.68. The van der Waals surface area contributed by atoms with Gasteiger partial charge in [-0.05, 0) is 51.0 Å². The molecule has 0 spiro atoms. The van der Waals surface area contributed by atoms with Gasteiger partial charge < -0.3 is 20.1 Å². The van der Waals surface area contributed by atoms with E-state index >= 15 is 0 Å². The van der Waals surface area contributed by atoms with E-state index in [1.54, 1.807) is 19.2 Å². The van der Waals surface area contributed by atoms with Crippen molar-refractivity contribution in [3.05, 3.63) is 24.3 Å². The van der Waals surface area contributed by atoms with Gasteiger partial charge >= 0.3 is 0 Å². The number of anilines is 1. The van der Waals surface area contributed by atoms with Crippen molar-refractivity contribution in [2.45, 2.75) is 32.8 Å². The van der Waals surface area contributed by atoms with E-state index in [2.05, 4.69) is 10.6 Å². The lowest BCUT2D eigenvalue weighted by Crippen LogP contribution is -2.28. The Morgan fingerprint density at radius 3 is 2.46 bits per heavy atom. The van der Waals surface area contributed by atoms with Gasteiger partial charge in [-0.2, -0.15) is 0 Å². The van der Waals surface area contributed by atoms with Gasteiger partial charge in [0.2, 0.25) is 11.8 Å². The first kappa shape index (κ1) is 18.3. The van der Waals surface area contributed by atoms with Crippen molar-refractivity contribution < 1.29 is 19.1 Å². The standard InChI is InChI=1S/C18H26N2O4/c1-12(2)24-14-7-5-13(6-8-14)20-18(22)16-11-15(16)17(21)19-9-4-10-23-3/h5-8,12,15-16H,4,9-11H2,1-3H3,(H,19,21)(H,20,22). The highest BCUT2D eigenvalue weighted by Crippen LogP contribution is 2.39. The van der Waals surface area contributed by atoms with Crippen LogP contribution in [0.15, 0.2) is 24.3 Å². The second-order valence-electron chi connectivity index (χ2n) is 6.27. The molecule has 2 amide bonds. The molecule has 6 nitrogen and oxygen atoms in total. The minimum absolute atomic E-state index is 0.0491. The van der Waals surface area contributed by atoms with Crippen molar-refractivity contribution in [3.63, 3.8) is 0 Å². The molecule has 6 heteroatoms. The molecule has 2 unspecified atom stereocenters. The van der Waals surface area contributed by atoms with Crippen molar-refractivity contribution in [3.8, 4) is 5.75 Å². The molecule has 1 aliphatic carbocycles. The van der Waals surface area contributed by atoms with Gasteiger partial charge in [0.15, 0.2) is 0 Å². The predicted octanol–water partition coefficient (Wildman–Crippen LogP) is 2.20. The lowest BCUT2D eigenvalue weighted by Gasteiger charge is -2.10. The van der Waals surface area contributed by atoms with Crippen LogP contribution >= 0.6 is 0 Å². The normalized spacial score (nSPS) is 19.0. The number of carbonyl (C=O) groups excluding carboxylic acids is 2. The zero-order chi connectivity index (χ0) is 17.5. The summed E-state index contributed by atoms with van der Waals surface area (Å²) in [4.78, 5) is 24.1. The monoisotopic (exact) mass is 334 g/mol. The molecule has 24 heavy (non-hydrogen) atoms. The molecule has 0 aliphatic heterocycles. The van der Waals surface area contributed by atoms with Crippen molar-refractivity contribution in [1.82, 2.24) is 5.32 Å². The Bertz CT molecular complexity index is 557. The Hall–Kier alpha value is -2.08. The average molecular weight is 334 g/mol. The zero-order valence-electron chi connectivity index (χ0n) is 14.5. The maximum absolute atomic E-state index is 12.2. The van der Waals surface area contributed by atoms with Gasteiger partial charge in [-0.25, -0.2) is 0 Å². The summed E-state index contributed by atoms with van der Waals surface area (Å²) < 4.78 is 10.5. The highest BCUT2D eigenvalue weighted by molar-refractivity contribution is 5.99. The molecule has 1 aromatic carbocycles. The maximum Gasteiger partial charge on any atom is 0.228 e. The first-order valence-electron chi connectivity index (χ1n) is 8.35. The summed E-state index contributed by atoms with van der Waals surface area (Å²) in [7, 11) is 1.63. The smallest absolute Gasteiger partial charge is 0.228 e. The number of rotatable bonds is 9. The number of hydrogen-bond acceptors (Lipinski definition) is 4. The van der Waals surface area contributed by atoms with E-state index in [4.69, 9.17) is 9.47 Å². The molecule has 2 atom stereocenters. The van der Waals surface area contributed by atoms with E-state index < -0.39 is 0 Å². The van der Waals surface area contributed by atoms with Gasteiger partial charge in [-0.1, -0.05) is 0 Å². The van der Waals surface area contributed by atoms with E-state index in [-0.39, 0.29) is 29.8 Å². The Kier molecular flexibility index (Phi) is 6.61. The molecule has 1 saturated carbocycles. The fourth-order valence-corrected chi connectivity index (χ4v) is 2.46. The molecule has 0 heterocycles. The van der Waals surface area contributed by atoms with Crippen LogP contribution in [-0.2, 0) is 14.3 Å². The molecule has 0 radical (unpaired) electrons. The van der Waals surface area contributed by atoms with Crippen molar-refractivity contribution in [2.75, 3.05) is 25.6 Å². The maximum atomic E-state index is 12.2. The molecule has 0 aromatic heterocycles. The highest BCUT2D eigenvalue weighted by Gasteiger charge is 2.47. The molecule has 2 rings (SSSR count). The third-order valence-electron chi connectivity index (χ3n) is 3.78. The summed E-state index contributed by atoms with van der Waals surface area (Å²) in [6.45, 7) is 5.12. The van der Waals surface area contributed by atoms with Gasteiger partial charge in [-0.3, -0.25) is 9.59 Å².